The first-order valence-electron chi connectivity index (χ1n) is 5.81. The Morgan fingerprint density at radius 3 is 2.93 bits per heavy atom. The molecule has 1 atom stereocenters. The maximum Gasteiger partial charge on any atom is 0.0625 e. The molecule has 1 saturated carbocycles. The topological polar surface area (TPSA) is 27.0 Å². The minimum Gasteiger partial charge on any atom is -0.302 e. The van der Waals surface area contributed by atoms with Gasteiger partial charge in [-0.25, -0.2) is 0 Å². The van der Waals surface area contributed by atoms with Crippen molar-refractivity contribution in [1.82, 2.24) is 4.90 Å². The van der Waals surface area contributed by atoms with Gasteiger partial charge in [0.1, 0.15) is 0 Å². The molecule has 1 heterocycles. The van der Waals surface area contributed by atoms with E-state index in [4.69, 9.17) is 5.26 Å². The molecule has 0 aromatic rings. The fourth-order valence-electron chi connectivity index (χ4n) is 2.50. The fourth-order valence-corrected chi connectivity index (χ4v) is 2.50. The lowest BCUT2D eigenvalue weighted by atomic mass is 9.94. The van der Waals surface area contributed by atoms with Crippen LogP contribution in [0.25, 0.3) is 0 Å². The van der Waals surface area contributed by atoms with Crippen molar-refractivity contribution < 1.29 is 0 Å². The summed E-state index contributed by atoms with van der Waals surface area (Å²) in [5, 5.41) is 8.68. The molecule has 2 heteroatoms. The van der Waals surface area contributed by atoms with Gasteiger partial charge in [0.05, 0.1) is 6.07 Å². The number of rotatable bonds is 3. The van der Waals surface area contributed by atoms with Crippen LogP contribution in [0.4, 0.5) is 0 Å². The highest BCUT2D eigenvalue weighted by atomic mass is 15.1. The molecule has 0 aromatic heterocycles. The number of nitrogens with zero attached hydrogens (tertiary/aromatic N) is 2. The van der Waals surface area contributed by atoms with Crippen molar-refractivity contribution in [1.29, 1.82) is 5.26 Å². The maximum atomic E-state index is 8.68. The summed E-state index contributed by atoms with van der Waals surface area (Å²) in [6.45, 7) is 6.09. The Morgan fingerprint density at radius 1 is 1.50 bits per heavy atom. The molecule has 0 spiro atoms. The van der Waals surface area contributed by atoms with Crippen molar-refractivity contribution in [2.24, 2.45) is 11.3 Å². The summed E-state index contributed by atoms with van der Waals surface area (Å²) >= 11 is 0. The Kier molecular flexibility index (Phi) is 2.78. The molecule has 0 N–H and O–H groups in total. The van der Waals surface area contributed by atoms with E-state index in [1.165, 1.54) is 45.3 Å². The summed E-state index contributed by atoms with van der Waals surface area (Å²) in [6, 6.07) is 2.31. The molecule has 14 heavy (non-hydrogen) atoms. The summed E-state index contributed by atoms with van der Waals surface area (Å²) in [4.78, 5) is 2.58. The zero-order valence-corrected chi connectivity index (χ0v) is 9.13. The van der Waals surface area contributed by atoms with Gasteiger partial charge in [0.15, 0.2) is 0 Å². The Hall–Kier alpha value is -0.550. The van der Waals surface area contributed by atoms with Crippen LogP contribution in [-0.2, 0) is 0 Å². The fraction of sp³-hybridized carbons (Fsp3) is 0.917. The molecule has 1 aliphatic carbocycles. The molecule has 78 valence electrons. The highest BCUT2D eigenvalue weighted by molar-refractivity contribution is 4.92. The summed E-state index contributed by atoms with van der Waals surface area (Å²) in [5.41, 5.74) is 0.633. The van der Waals surface area contributed by atoms with Gasteiger partial charge in [0, 0.05) is 19.5 Å². The van der Waals surface area contributed by atoms with Crippen molar-refractivity contribution in [3.63, 3.8) is 0 Å². The average Bonchev–Trinajstić information content (AvgIpc) is 2.84. The summed E-state index contributed by atoms with van der Waals surface area (Å²) in [7, 11) is 0. The molecule has 0 amide bonds. The van der Waals surface area contributed by atoms with Gasteiger partial charge in [-0.15, -0.1) is 0 Å². The second-order valence-electron chi connectivity index (χ2n) is 5.42. The number of likely N-dealkylation sites (tertiary alicyclic amines) is 1. The van der Waals surface area contributed by atoms with E-state index in [1.807, 2.05) is 0 Å². The van der Waals surface area contributed by atoms with Gasteiger partial charge in [-0.1, -0.05) is 6.92 Å². The highest BCUT2D eigenvalue weighted by Gasteiger charge is 2.39. The smallest absolute Gasteiger partial charge is 0.0625 e. The van der Waals surface area contributed by atoms with E-state index < -0.39 is 0 Å². The molecule has 2 nitrogen and oxygen atoms in total. The monoisotopic (exact) mass is 192 g/mol. The van der Waals surface area contributed by atoms with Gasteiger partial charge >= 0.3 is 0 Å². The molecule has 0 aromatic carbocycles. The molecule has 1 aliphatic heterocycles. The predicted molar refractivity (Wildman–Crippen MR) is 56.7 cm³/mol. The van der Waals surface area contributed by atoms with Crippen LogP contribution in [0.3, 0.4) is 0 Å². The number of hydrogen-bond donors (Lipinski definition) is 0. The van der Waals surface area contributed by atoms with E-state index >= 15 is 0 Å². The lowest BCUT2D eigenvalue weighted by molar-refractivity contribution is 0.151. The van der Waals surface area contributed by atoms with Crippen molar-refractivity contribution in [2.45, 2.75) is 39.0 Å². The molecule has 2 rings (SSSR count). The second-order valence-corrected chi connectivity index (χ2v) is 5.42. The number of nitriles is 1. The summed E-state index contributed by atoms with van der Waals surface area (Å²) in [5.74, 6) is 0.649. The lowest BCUT2D eigenvalue weighted by Gasteiger charge is -2.33. The first kappa shape index (κ1) is 9.98. The zero-order valence-electron chi connectivity index (χ0n) is 9.13. The van der Waals surface area contributed by atoms with E-state index in [2.05, 4.69) is 17.9 Å². The van der Waals surface area contributed by atoms with Crippen LogP contribution in [-0.4, -0.2) is 24.5 Å². The van der Waals surface area contributed by atoms with E-state index in [1.54, 1.807) is 0 Å². The van der Waals surface area contributed by atoms with Crippen LogP contribution in [0.5, 0.6) is 0 Å². The van der Waals surface area contributed by atoms with Crippen LogP contribution in [0, 0.1) is 22.7 Å². The number of hydrogen-bond acceptors (Lipinski definition) is 2. The molecule has 0 radical (unpaired) electrons. The van der Waals surface area contributed by atoms with Gasteiger partial charge in [-0.3, -0.25) is 0 Å². The highest BCUT2D eigenvalue weighted by Crippen LogP contribution is 2.45. The van der Waals surface area contributed by atoms with E-state index in [0.29, 0.717) is 11.3 Å². The molecule has 1 saturated heterocycles. The zero-order chi connectivity index (χ0) is 10.0. The molecule has 0 bridgehead atoms. The van der Waals surface area contributed by atoms with Crippen molar-refractivity contribution >= 4 is 0 Å². The Morgan fingerprint density at radius 2 is 2.29 bits per heavy atom. The summed E-state index contributed by atoms with van der Waals surface area (Å²) in [6.07, 6.45) is 6.13. The van der Waals surface area contributed by atoms with Crippen LogP contribution in [0.2, 0.25) is 0 Å². The second kappa shape index (κ2) is 3.90. The third-order valence-electron chi connectivity index (χ3n) is 3.69. The Bertz CT molecular complexity index is 237. The largest absolute Gasteiger partial charge is 0.302 e. The number of piperidine rings is 1. The van der Waals surface area contributed by atoms with Gasteiger partial charge in [0.2, 0.25) is 0 Å². The minimum absolute atomic E-state index is 0.633. The Balaban J connectivity index is 1.79. The first-order chi connectivity index (χ1) is 6.72. The standard InChI is InChI=1S/C12H20N2/c1-12(5-6-12)10-14-8-2-3-11(9-14)4-7-13/h11H,2-6,8-10H2,1H3. The third kappa shape index (κ3) is 2.48. The molecular formula is C12H20N2. The quantitative estimate of drug-likeness (QED) is 0.686. The Labute approximate surface area is 86.9 Å². The van der Waals surface area contributed by atoms with E-state index in [-0.39, 0.29) is 0 Å². The van der Waals surface area contributed by atoms with Crippen molar-refractivity contribution in [3.8, 4) is 6.07 Å². The maximum absolute atomic E-state index is 8.68. The van der Waals surface area contributed by atoms with Crippen molar-refractivity contribution in [3.05, 3.63) is 0 Å². The molecule has 2 aliphatic rings. The molecule has 1 unspecified atom stereocenters. The van der Waals surface area contributed by atoms with Gasteiger partial charge in [-0.2, -0.15) is 5.26 Å². The lowest BCUT2D eigenvalue weighted by Crippen LogP contribution is -2.38. The van der Waals surface area contributed by atoms with Gasteiger partial charge < -0.3 is 4.90 Å². The van der Waals surface area contributed by atoms with Crippen LogP contribution in [0.15, 0.2) is 0 Å². The van der Waals surface area contributed by atoms with Crippen LogP contribution < -0.4 is 0 Å². The molecular weight excluding hydrogens is 172 g/mol. The predicted octanol–water partition coefficient (Wildman–Crippen LogP) is 2.41. The minimum atomic E-state index is 0.633. The average molecular weight is 192 g/mol. The van der Waals surface area contributed by atoms with E-state index in [0.717, 1.165) is 6.42 Å². The molecule has 2 fully saturated rings. The first-order valence-corrected chi connectivity index (χ1v) is 5.81. The summed E-state index contributed by atoms with van der Waals surface area (Å²) < 4.78 is 0. The van der Waals surface area contributed by atoms with Gasteiger partial charge in [-0.05, 0) is 43.6 Å². The van der Waals surface area contributed by atoms with Crippen molar-refractivity contribution in [2.75, 3.05) is 19.6 Å². The van der Waals surface area contributed by atoms with Crippen LogP contribution >= 0.6 is 0 Å². The van der Waals surface area contributed by atoms with Gasteiger partial charge in [0.25, 0.3) is 0 Å². The SMILES string of the molecule is CC1(CN2CCCC(CC#N)C2)CC1. The van der Waals surface area contributed by atoms with E-state index in [9.17, 15) is 0 Å². The third-order valence-corrected chi connectivity index (χ3v) is 3.69. The van der Waals surface area contributed by atoms with Crippen LogP contribution in [0.1, 0.15) is 39.0 Å². The normalized spacial score (nSPS) is 31.0.